The van der Waals surface area contributed by atoms with E-state index >= 15 is 0 Å². The van der Waals surface area contributed by atoms with Gasteiger partial charge < -0.3 is 9.88 Å². The minimum atomic E-state index is 1.12. The van der Waals surface area contributed by atoms with Crippen LogP contribution in [0.1, 0.15) is 22.4 Å². The largest absolute Gasteiger partial charge is 0.358 e. The van der Waals surface area contributed by atoms with Gasteiger partial charge in [0.15, 0.2) is 0 Å². The Kier molecular flexibility index (Phi) is 3.04. The molecule has 1 atom stereocenters. The lowest BCUT2D eigenvalue weighted by atomic mass is 9.99. The summed E-state index contributed by atoms with van der Waals surface area (Å²) in [5.74, 6) is 0. The number of aromatic nitrogens is 1. The second-order valence-corrected chi connectivity index (χ2v) is 6.15. The van der Waals surface area contributed by atoms with Gasteiger partial charge in [0.2, 0.25) is 0 Å². The van der Waals surface area contributed by atoms with Crippen molar-refractivity contribution in [2.24, 2.45) is 0 Å². The van der Waals surface area contributed by atoms with Crippen LogP contribution in [0.15, 0.2) is 48.5 Å². The first-order valence-corrected chi connectivity index (χ1v) is 7.78. The number of H-pyrrole nitrogens is 1. The van der Waals surface area contributed by atoms with Crippen LogP contribution in [0, 0.1) is 6.92 Å². The highest BCUT2D eigenvalue weighted by Gasteiger charge is 2.21. The summed E-state index contributed by atoms with van der Waals surface area (Å²) in [6.45, 7) is 5.70. The third-order valence-electron chi connectivity index (χ3n) is 4.76. The highest BCUT2D eigenvalue weighted by molar-refractivity contribution is 5.84. The van der Waals surface area contributed by atoms with Crippen LogP contribution >= 0.6 is 0 Å². The van der Waals surface area contributed by atoms with Crippen molar-refractivity contribution in [3.63, 3.8) is 0 Å². The van der Waals surface area contributed by atoms with Gasteiger partial charge in [-0.1, -0.05) is 42.5 Å². The minimum Gasteiger partial charge on any atom is -0.358 e. The molecule has 2 aromatic carbocycles. The number of hydrogen-bond donors (Lipinski definition) is 2. The van der Waals surface area contributed by atoms with E-state index in [1.54, 1.807) is 4.90 Å². The van der Waals surface area contributed by atoms with Crippen molar-refractivity contribution in [3.8, 4) is 0 Å². The van der Waals surface area contributed by atoms with Crippen LogP contribution < -0.4 is 4.90 Å². The van der Waals surface area contributed by atoms with Crippen molar-refractivity contribution in [2.75, 3.05) is 6.54 Å². The van der Waals surface area contributed by atoms with Crippen LogP contribution in [0.4, 0.5) is 0 Å². The smallest absolute Gasteiger partial charge is 0.105 e. The highest BCUT2D eigenvalue weighted by atomic mass is 15.1. The number of nitrogens with one attached hydrogen (secondary N) is 2. The topological polar surface area (TPSA) is 20.2 Å². The third-order valence-corrected chi connectivity index (χ3v) is 4.76. The van der Waals surface area contributed by atoms with Gasteiger partial charge in [-0.3, -0.25) is 0 Å². The number of benzene rings is 2. The quantitative estimate of drug-likeness (QED) is 0.718. The molecule has 2 nitrogen and oxygen atoms in total. The molecule has 1 unspecified atom stereocenters. The van der Waals surface area contributed by atoms with Crippen molar-refractivity contribution in [1.82, 2.24) is 4.98 Å². The van der Waals surface area contributed by atoms with E-state index in [4.69, 9.17) is 0 Å². The first-order valence-electron chi connectivity index (χ1n) is 7.78. The molecule has 106 valence electrons. The zero-order valence-electron chi connectivity index (χ0n) is 12.4. The average Bonchev–Trinajstić information content (AvgIpc) is 2.83. The molecule has 1 aliphatic rings. The molecule has 3 aromatic rings. The Hall–Kier alpha value is -2.06. The van der Waals surface area contributed by atoms with Crippen LogP contribution in [-0.2, 0) is 19.5 Å². The summed E-state index contributed by atoms with van der Waals surface area (Å²) in [7, 11) is 0. The van der Waals surface area contributed by atoms with Crippen molar-refractivity contribution in [3.05, 3.63) is 70.9 Å². The lowest BCUT2D eigenvalue weighted by Gasteiger charge is -2.26. The maximum absolute atomic E-state index is 3.52. The zero-order valence-corrected chi connectivity index (χ0v) is 12.4. The molecule has 21 heavy (non-hydrogen) atoms. The molecular weight excluding hydrogens is 256 g/mol. The van der Waals surface area contributed by atoms with E-state index in [1.165, 1.54) is 46.3 Å². The fourth-order valence-electron chi connectivity index (χ4n) is 3.61. The van der Waals surface area contributed by atoms with Gasteiger partial charge in [-0.2, -0.15) is 0 Å². The van der Waals surface area contributed by atoms with Crippen LogP contribution in [-0.4, -0.2) is 11.5 Å². The number of fused-ring (bicyclic) bond motifs is 2. The molecule has 0 bridgehead atoms. The number of para-hydroxylation sites is 1. The Labute approximate surface area is 125 Å². The van der Waals surface area contributed by atoms with Gasteiger partial charge in [0.05, 0.1) is 6.54 Å². The number of aryl methyl sites for hydroxylation is 1. The molecule has 2 heteroatoms. The van der Waals surface area contributed by atoms with Gasteiger partial charge in [-0.15, -0.1) is 0 Å². The monoisotopic (exact) mass is 277 g/mol. The Morgan fingerprint density at radius 1 is 1.00 bits per heavy atom. The normalized spacial score (nSPS) is 17.9. The van der Waals surface area contributed by atoms with Crippen molar-refractivity contribution in [1.29, 1.82) is 0 Å². The zero-order chi connectivity index (χ0) is 14.2. The van der Waals surface area contributed by atoms with Crippen LogP contribution in [0.3, 0.4) is 0 Å². The average molecular weight is 277 g/mol. The fraction of sp³-hybridized carbons (Fsp3) is 0.263. The van der Waals surface area contributed by atoms with E-state index < -0.39 is 0 Å². The Balaban J connectivity index is 1.63. The second-order valence-electron chi connectivity index (χ2n) is 6.15. The SMILES string of the molecule is Cc1[nH]c2ccccc2c1C[NH+]1CCc2ccccc2C1. The van der Waals surface area contributed by atoms with E-state index in [9.17, 15) is 0 Å². The summed E-state index contributed by atoms with van der Waals surface area (Å²) in [5.41, 5.74) is 7.14. The summed E-state index contributed by atoms with van der Waals surface area (Å²) in [5, 5.41) is 1.39. The van der Waals surface area contributed by atoms with Crippen LogP contribution in [0.2, 0.25) is 0 Å². The molecule has 0 radical (unpaired) electrons. The number of aromatic amines is 1. The third kappa shape index (κ3) is 2.26. The van der Waals surface area contributed by atoms with Crippen molar-refractivity contribution < 1.29 is 4.90 Å². The van der Waals surface area contributed by atoms with Crippen molar-refractivity contribution >= 4 is 10.9 Å². The molecule has 0 spiro atoms. The maximum atomic E-state index is 3.52. The maximum Gasteiger partial charge on any atom is 0.105 e. The van der Waals surface area contributed by atoms with Gasteiger partial charge in [-0.05, 0) is 18.6 Å². The van der Waals surface area contributed by atoms with Crippen molar-refractivity contribution in [2.45, 2.75) is 26.4 Å². The molecule has 0 aliphatic carbocycles. The molecule has 0 fully saturated rings. The molecule has 0 amide bonds. The lowest BCUT2D eigenvalue weighted by molar-refractivity contribution is -0.929. The second kappa shape index (κ2) is 5.05. The fourth-order valence-corrected chi connectivity index (χ4v) is 3.61. The Bertz CT molecular complexity index is 785. The van der Waals surface area contributed by atoms with E-state index in [2.05, 4.69) is 60.4 Å². The molecule has 2 N–H and O–H groups in total. The summed E-state index contributed by atoms with van der Waals surface area (Å²) in [6.07, 6.45) is 1.20. The highest BCUT2D eigenvalue weighted by Crippen LogP contribution is 2.21. The van der Waals surface area contributed by atoms with Gasteiger partial charge in [0, 0.05) is 34.1 Å². The predicted octanol–water partition coefficient (Wildman–Crippen LogP) is 2.62. The molecule has 0 saturated heterocycles. The summed E-state index contributed by atoms with van der Waals surface area (Å²) in [6, 6.07) is 17.6. The number of quaternary nitrogens is 1. The number of rotatable bonds is 2. The first kappa shape index (κ1) is 12.7. The predicted molar refractivity (Wildman–Crippen MR) is 86.4 cm³/mol. The molecule has 4 rings (SSSR count). The van der Waals surface area contributed by atoms with Gasteiger partial charge in [0.1, 0.15) is 13.1 Å². The minimum absolute atomic E-state index is 1.12. The van der Waals surface area contributed by atoms with E-state index in [-0.39, 0.29) is 0 Å². The lowest BCUT2D eigenvalue weighted by Crippen LogP contribution is -3.10. The number of hydrogen-bond acceptors (Lipinski definition) is 0. The first-order chi connectivity index (χ1) is 10.3. The molecule has 2 heterocycles. The summed E-state index contributed by atoms with van der Waals surface area (Å²) < 4.78 is 0. The van der Waals surface area contributed by atoms with E-state index in [1.807, 2.05) is 0 Å². The standard InChI is InChI=1S/C19H20N2/c1-14-18(17-8-4-5-9-19(17)20-14)13-21-11-10-15-6-2-3-7-16(15)12-21/h2-9,20H,10-13H2,1H3/p+1. The Morgan fingerprint density at radius 3 is 2.67 bits per heavy atom. The van der Waals surface area contributed by atoms with Gasteiger partial charge >= 0.3 is 0 Å². The van der Waals surface area contributed by atoms with Crippen LogP contribution in [0.5, 0.6) is 0 Å². The molecule has 0 saturated carbocycles. The van der Waals surface area contributed by atoms with Gasteiger partial charge in [0.25, 0.3) is 0 Å². The van der Waals surface area contributed by atoms with Gasteiger partial charge in [-0.25, -0.2) is 0 Å². The summed E-state index contributed by atoms with van der Waals surface area (Å²) in [4.78, 5) is 5.19. The molecule has 1 aliphatic heterocycles. The van der Waals surface area contributed by atoms with E-state index in [0.29, 0.717) is 0 Å². The molecular formula is C19H21N2+. The van der Waals surface area contributed by atoms with E-state index in [0.717, 1.165) is 13.1 Å². The van der Waals surface area contributed by atoms with Crippen LogP contribution in [0.25, 0.3) is 10.9 Å². The summed E-state index contributed by atoms with van der Waals surface area (Å²) >= 11 is 0. The molecule has 1 aromatic heterocycles. The Morgan fingerprint density at radius 2 is 1.76 bits per heavy atom.